The summed E-state index contributed by atoms with van der Waals surface area (Å²) in [5.74, 6) is -1.57. The van der Waals surface area contributed by atoms with Gasteiger partial charge in [-0.15, -0.1) is 0 Å². The summed E-state index contributed by atoms with van der Waals surface area (Å²) >= 11 is 0. The second kappa shape index (κ2) is 8.04. The summed E-state index contributed by atoms with van der Waals surface area (Å²) < 4.78 is 51.1. The van der Waals surface area contributed by atoms with E-state index in [4.69, 9.17) is 5.73 Å². The molecule has 3 rings (SSSR count). The minimum absolute atomic E-state index is 0.0192. The SMILES string of the molecule is CC(=O)Nc1ccc(S(=O)(=O)C2CS(=O)(=O)CC2N2CCC(C(N)=O)CC2)cc1. The number of likely N-dealkylation sites (tertiary alicyclic amines) is 1. The summed E-state index contributed by atoms with van der Waals surface area (Å²) in [6.45, 7) is 2.21. The van der Waals surface area contributed by atoms with Crippen molar-refractivity contribution < 1.29 is 26.4 Å². The maximum Gasteiger partial charge on any atom is 0.221 e. The number of carbonyl (C=O) groups is 2. The lowest BCUT2D eigenvalue weighted by Gasteiger charge is -2.36. The molecule has 160 valence electrons. The fourth-order valence-corrected chi connectivity index (χ4v) is 8.89. The largest absolute Gasteiger partial charge is 0.369 e. The van der Waals surface area contributed by atoms with Gasteiger partial charge in [-0.25, -0.2) is 16.8 Å². The maximum atomic E-state index is 13.2. The molecule has 9 nitrogen and oxygen atoms in total. The van der Waals surface area contributed by atoms with Gasteiger partial charge in [0.05, 0.1) is 21.7 Å². The zero-order chi connectivity index (χ0) is 21.4. The standard InChI is InChI=1S/C18H25N3O6S2/c1-12(22)20-14-2-4-15(5-3-14)29(26,27)17-11-28(24,25)10-16(17)21-8-6-13(7-9-21)18(19)23/h2-5,13,16-17H,6-11H2,1H3,(H2,19,23)(H,20,22). The first kappa shape index (κ1) is 21.7. The van der Waals surface area contributed by atoms with E-state index < -0.39 is 36.7 Å². The Balaban J connectivity index is 1.84. The summed E-state index contributed by atoms with van der Waals surface area (Å²) in [5.41, 5.74) is 5.81. The molecule has 0 aromatic heterocycles. The number of sulfone groups is 2. The van der Waals surface area contributed by atoms with E-state index in [0.717, 1.165) is 0 Å². The van der Waals surface area contributed by atoms with Gasteiger partial charge in [0.1, 0.15) is 0 Å². The molecule has 0 saturated carbocycles. The van der Waals surface area contributed by atoms with Gasteiger partial charge in [0, 0.05) is 24.6 Å². The van der Waals surface area contributed by atoms with E-state index in [1.54, 1.807) is 0 Å². The number of hydrogen-bond acceptors (Lipinski definition) is 7. The molecule has 2 aliphatic heterocycles. The highest BCUT2D eigenvalue weighted by atomic mass is 32.2. The van der Waals surface area contributed by atoms with Crippen LogP contribution in [0.15, 0.2) is 29.2 Å². The predicted octanol–water partition coefficient (Wildman–Crippen LogP) is -0.218. The van der Waals surface area contributed by atoms with Crippen molar-refractivity contribution in [3.63, 3.8) is 0 Å². The highest BCUT2D eigenvalue weighted by Crippen LogP contribution is 2.32. The summed E-state index contributed by atoms with van der Waals surface area (Å²) in [4.78, 5) is 24.4. The lowest BCUT2D eigenvalue weighted by atomic mass is 9.95. The minimum Gasteiger partial charge on any atom is -0.369 e. The Morgan fingerprint density at radius 2 is 1.69 bits per heavy atom. The van der Waals surface area contributed by atoms with Crippen molar-refractivity contribution in [2.45, 2.75) is 36.0 Å². The van der Waals surface area contributed by atoms with Gasteiger partial charge in [0.25, 0.3) is 0 Å². The number of primary amides is 1. The van der Waals surface area contributed by atoms with Gasteiger partial charge in [-0.2, -0.15) is 0 Å². The molecule has 3 N–H and O–H groups in total. The van der Waals surface area contributed by atoms with Crippen LogP contribution >= 0.6 is 0 Å². The third-order valence-corrected chi connectivity index (χ3v) is 9.71. The Hall–Kier alpha value is -1.98. The highest BCUT2D eigenvalue weighted by Gasteiger charge is 2.48. The van der Waals surface area contributed by atoms with Crippen molar-refractivity contribution in [3.8, 4) is 0 Å². The first-order valence-corrected chi connectivity index (χ1v) is 12.7. The fraction of sp³-hybridized carbons (Fsp3) is 0.556. The second-order valence-electron chi connectivity index (χ2n) is 7.65. The quantitative estimate of drug-likeness (QED) is 0.640. The van der Waals surface area contributed by atoms with E-state index in [0.29, 0.717) is 31.6 Å². The molecule has 2 saturated heterocycles. The maximum absolute atomic E-state index is 13.2. The molecular formula is C18H25N3O6S2. The second-order valence-corrected chi connectivity index (χ2v) is 12.0. The predicted molar refractivity (Wildman–Crippen MR) is 108 cm³/mol. The number of hydrogen-bond donors (Lipinski definition) is 2. The normalized spacial score (nSPS) is 25.6. The van der Waals surface area contributed by atoms with Crippen LogP contribution < -0.4 is 11.1 Å². The van der Waals surface area contributed by atoms with E-state index in [-0.39, 0.29) is 28.4 Å². The van der Waals surface area contributed by atoms with Gasteiger partial charge in [0.15, 0.2) is 19.7 Å². The highest BCUT2D eigenvalue weighted by molar-refractivity contribution is 7.96. The number of carbonyl (C=O) groups excluding carboxylic acids is 2. The molecule has 0 aliphatic carbocycles. The van der Waals surface area contributed by atoms with Crippen molar-refractivity contribution in [2.75, 3.05) is 29.9 Å². The molecule has 2 aliphatic rings. The average molecular weight is 444 g/mol. The van der Waals surface area contributed by atoms with E-state index in [2.05, 4.69) is 5.32 Å². The van der Waals surface area contributed by atoms with Crippen LogP contribution in [0.4, 0.5) is 5.69 Å². The average Bonchev–Trinajstić information content (AvgIpc) is 2.98. The molecule has 1 aromatic carbocycles. The Labute approximate surface area is 170 Å². The van der Waals surface area contributed by atoms with Gasteiger partial charge in [-0.1, -0.05) is 0 Å². The van der Waals surface area contributed by atoms with Crippen molar-refractivity contribution in [1.29, 1.82) is 0 Å². The van der Waals surface area contributed by atoms with E-state index in [9.17, 15) is 26.4 Å². The topological polar surface area (TPSA) is 144 Å². The van der Waals surface area contributed by atoms with Crippen LogP contribution in [0.5, 0.6) is 0 Å². The smallest absolute Gasteiger partial charge is 0.221 e. The molecule has 2 amide bonds. The number of benzene rings is 1. The Morgan fingerprint density at radius 3 is 2.21 bits per heavy atom. The van der Waals surface area contributed by atoms with Crippen molar-refractivity contribution in [3.05, 3.63) is 24.3 Å². The van der Waals surface area contributed by atoms with Crippen LogP contribution in [0.3, 0.4) is 0 Å². The van der Waals surface area contributed by atoms with E-state index >= 15 is 0 Å². The molecule has 0 spiro atoms. The van der Waals surface area contributed by atoms with Crippen LogP contribution in [-0.2, 0) is 29.3 Å². The molecule has 2 unspecified atom stereocenters. The molecular weight excluding hydrogens is 418 g/mol. The molecule has 1 aromatic rings. The first-order valence-electron chi connectivity index (χ1n) is 9.35. The van der Waals surface area contributed by atoms with Crippen LogP contribution in [0.2, 0.25) is 0 Å². The number of nitrogens with one attached hydrogen (secondary N) is 1. The number of nitrogens with two attached hydrogens (primary N) is 1. The Bertz CT molecular complexity index is 997. The van der Waals surface area contributed by atoms with Crippen molar-refractivity contribution in [2.24, 2.45) is 11.7 Å². The van der Waals surface area contributed by atoms with Gasteiger partial charge in [-0.3, -0.25) is 14.5 Å². The molecule has 11 heteroatoms. The third-order valence-electron chi connectivity index (χ3n) is 5.57. The first-order chi connectivity index (χ1) is 13.5. The van der Waals surface area contributed by atoms with Crippen LogP contribution in [0, 0.1) is 5.92 Å². The number of amides is 2. The molecule has 2 heterocycles. The molecule has 0 radical (unpaired) electrons. The molecule has 2 atom stereocenters. The van der Waals surface area contributed by atoms with Gasteiger partial charge >= 0.3 is 0 Å². The van der Waals surface area contributed by atoms with Gasteiger partial charge < -0.3 is 11.1 Å². The monoisotopic (exact) mass is 443 g/mol. The number of piperidine rings is 1. The number of rotatable bonds is 5. The third kappa shape index (κ3) is 4.78. The lowest BCUT2D eigenvalue weighted by molar-refractivity contribution is -0.123. The van der Waals surface area contributed by atoms with Gasteiger partial charge in [-0.05, 0) is 50.2 Å². The van der Waals surface area contributed by atoms with Crippen molar-refractivity contribution in [1.82, 2.24) is 4.90 Å². The number of anilines is 1. The molecule has 2 fully saturated rings. The summed E-state index contributed by atoms with van der Waals surface area (Å²) in [5, 5.41) is 1.48. The lowest BCUT2D eigenvalue weighted by Crippen LogP contribution is -2.50. The van der Waals surface area contributed by atoms with E-state index in [1.165, 1.54) is 31.2 Å². The Kier molecular flexibility index (Phi) is 6.02. The van der Waals surface area contributed by atoms with Crippen molar-refractivity contribution >= 4 is 37.2 Å². The fourth-order valence-electron chi connectivity index (χ4n) is 4.06. The zero-order valence-corrected chi connectivity index (χ0v) is 17.7. The minimum atomic E-state index is -3.91. The summed E-state index contributed by atoms with van der Waals surface area (Å²) in [7, 11) is -7.42. The van der Waals surface area contributed by atoms with E-state index in [1.807, 2.05) is 4.90 Å². The number of nitrogens with zero attached hydrogens (tertiary/aromatic N) is 1. The molecule has 0 bridgehead atoms. The summed E-state index contributed by atoms with van der Waals surface area (Å²) in [6.07, 6.45) is 0.980. The van der Waals surface area contributed by atoms with Crippen LogP contribution in [0.25, 0.3) is 0 Å². The summed E-state index contributed by atoms with van der Waals surface area (Å²) in [6, 6.07) is 5.05. The van der Waals surface area contributed by atoms with Crippen LogP contribution in [0.1, 0.15) is 19.8 Å². The van der Waals surface area contributed by atoms with Gasteiger partial charge in [0.2, 0.25) is 11.8 Å². The zero-order valence-electron chi connectivity index (χ0n) is 16.1. The van der Waals surface area contributed by atoms with Crippen LogP contribution in [-0.4, -0.2) is 69.4 Å². The Morgan fingerprint density at radius 1 is 1.10 bits per heavy atom. The molecule has 29 heavy (non-hydrogen) atoms.